The fraction of sp³-hybridized carbons (Fsp3) is 0.833. The summed E-state index contributed by atoms with van der Waals surface area (Å²) in [6, 6.07) is 0. The lowest BCUT2D eigenvalue weighted by Crippen LogP contribution is -2.23. The predicted octanol–water partition coefficient (Wildman–Crippen LogP) is 3.75. The average molecular weight is 393 g/mol. The van der Waals surface area contributed by atoms with Crippen LogP contribution in [0.4, 0.5) is 0 Å². The third-order valence-corrected chi connectivity index (χ3v) is 6.52. The highest BCUT2D eigenvalue weighted by atomic mass is 16.3. The zero-order valence-electron chi connectivity index (χ0n) is 18.7. The van der Waals surface area contributed by atoms with E-state index in [1.807, 2.05) is 6.92 Å². The van der Waals surface area contributed by atoms with Gasteiger partial charge in [-0.15, -0.1) is 0 Å². The minimum atomic E-state index is -0.618. The SMILES string of the molecule is CCCC[C@](C)(O)C/C=C/[C@@H]1[C@H]2CC(CCNCCCN(C)C)=C[C@H]2C[C@H]1O. The molecule has 1 fully saturated rings. The van der Waals surface area contributed by atoms with Crippen LogP contribution in [0.3, 0.4) is 0 Å². The van der Waals surface area contributed by atoms with Crippen LogP contribution in [0.25, 0.3) is 0 Å². The van der Waals surface area contributed by atoms with Crippen LogP contribution < -0.4 is 5.32 Å². The second-order valence-electron chi connectivity index (χ2n) is 9.63. The highest BCUT2D eigenvalue weighted by Gasteiger charge is 2.43. The van der Waals surface area contributed by atoms with Gasteiger partial charge < -0.3 is 20.4 Å². The normalized spacial score (nSPS) is 29.5. The van der Waals surface area contributed by atoms with Crippen molar-refractivity contribution in [2.75, 3.05) is 33.7 Å². The van der Waals surface area contributed by atoms with E-state index in [9.17, 15) is 10.2 Å². The molecule has 0 aromatic carbocycles. The molecule has 0 heterocycles. The molecule has 0 unspecified atom stereocenters. The largest absolute Gasteiger partial charge is 0.392 e. The lowest BCUT2D eigenvalue weighted by atomic mass is 9.88. The fourth-order valence-electron chi connectivity index (χ4n) is 4.82. The molecule has 2 aliphatic rings. The molecule has 0 amide bonds. The molecular formula is C24H44N2O2. The molecule has 5 atom stereocenters. The summed E-state index contributed by atoms with van der Waals surface area (Å²) >= 11 is 0. The molecule has 0 radical (unpaired) electrons. The number of hydrogen-bond donors (Lipinski definition) is 3. The molecule has 4 heteroatoms. The number of aliphatic hydroxyl groups excluding tert-OH is 1. The Balaban J connectivity index is 1.73. The summed E-state index contributed by atoms with van der Waals surface area (Å²) in [5.41, 5.74) is 0.947. The summed E-state index contributed by atoms with van der Waals surface area (Å²) in [7, 11) is 4.24. The minimum Gasteiger partial charge on any atom is -0.392 e. The molecule has 0 bridgehead atoms. The van der Waals surface area contributed by atoms with Gasteiger partial charge in [0.05, 0.1) is 11.7 Å². The summed E-state index contributed by atoms with van der Waals surface area (Å²) in [6.07, 6.45) is 14.6. The predicted molar refractivity (Wildman–Crippen MR) is 118 cm³/mol. The van der Waals surface area contributed by atoms with Crippen molar-refractivity contribution in [1.82, 2.24) is 10.2 Å². The van der Waals surface area contributed by atoms with Crippen LogP contribution in [0.2, 0.25) is 0 Å². The summed E-state index contributed by atoms with van der Waals surface area (Å²) in [4.78, 5) is 2.23. The van der Waals surface area contributed by atoms with Gasteiger partial charge in [0.1, 0.15) is 0 Å². The molecule has 2 aliphatic carbocycles. The highest BCUT2D eigenvalue weighted by Crippen LogP contribution is 2.47. The van der Waals surface area contributed by atoms with Crippen molar-refractivity contribution in [3.8, 4) is 0 Å². The third-order valence-electron chi connectivity index (χ3n) is 6.52. The van der Waals surface area contributed by atoms with E-state index in [-0.39, 0.29) is 12.0 Å². The van der Waals surface area contributed by atoms with Crippen LogP contribution in [0.1, 0.15) is 65.2 Å². The number of nitrogens with zero attached hydrogens (tertiary/aromatic N) is 1. The van der Waals surface area contributed by atoms with E-state index in [0.717, 1.165) is 58.2 Å². The molecule has 0 aromatic rings. The van der Waals surface area contributed by atoms with Crippen LogP contribution in [0.15, 0.2) is 23.8 Å². The van der Waals surface area contributed by atoms with E-state index < -0.39 is 5.60 Å². The lowest BCUT2D eigenvalue weighted by Gasteiger charge is -2.22. The fourth-order valence-corrected chi connectivity index (χ4v) is 4.82. The molecule has 2 rings (SSSR count). The number of fused-ring (bicyclic) bond motifs is 1. The topological polar surface area (TPSA) is 55.7 Å². The van der Waals surface area contributed by atoms with E-state index in [0.29, 0.717) is 18.3 Å². The van der Waals surface area contributed by atoms with Gasteiger partial charge >= 0.3 is 0 Å². The number of rotatable bonds is 13. The van der Waals surface area contributed by atoms with Crippen LogP contribution >= 0.6 is 0 Å². The number of nitrogens with one attached hydrogen (secondary N) is 1. The number of aliphatic hydroxyl groups is 2. The van der Waals surface area contributed by atoms with Gasteiger partial charge in [-0.3, -0.25) is 0 Å². The van der Waals surface area contributed by atoms with Gasteiger partial charge in [0.2, 0.25) is 0 Å². The highest BCUT2D eigenvalue weighted by molar-refractivity contribution is 5.21. The number of allylic oxidation sites excluding steroid dienone is 1. The van der Waals surface area contributed by atoms with Crippen LogP contribution in [-0.2, 0) is 0 Å². The smallest absolute Gasteiger partial charge is 0.0654 e. The molecule has 28 heavy (non-hydrogen) atoms. The van der Waals surface area contributed by atoms with Gasteiger partial charge in [-0.25, -0.2) is 0 Å². The summed E-state index contributed by atoms with van der Waals surface area (Å²) in [6.45, 7) is 7.37. The van der Waals surface area contributed by atoms with Crippen molar-refractivity contribution in [3.63, 3.8) is 0 Å². The maximum absolute atomic E-state index is 10.5. The molecule has 4 nitrogen and oxygen atoms in total. The Morgan fingerprint density at radius 2 is 2.07 bits per heavy atom. The first-order valence-electron chi connectivity index (χ1n) is 11.4. The van der Waals surface area contributed by atoms with Gasteiger partial charge in [0, 0.05) is 5.92 Å². The molecular weight excluding hydrogens is 348 g/mol. The molecule has 0 aromatic heterocycles. The van der Waals surface area contributed by atoms with Gasteiger partial charge in [0.25, 0.3) is 0 Å². The Morgan fingerprint density at radius 3 is 2.79 bits per heavy atom. The van der Waals surface area contributed by atoms with E-state index in [1.54, 1.807) is 5.57 Å². The minimum absolute atomic E-state index is 0.228. The second-order valence-corrected chi connectivity index (χ2v) is 9.63. The quantitative estimate of drug-likeness (QED) is 0.330. The molecule has 3 N–H and O–H groups in total. The first-order valence-corrected chi connectivity index (χ1v) is 11.4. The summed E-state index contributed by atoms with van der Waals surface area (Å²) in [5.74, 6) is 1.33. The Kier molecular flexibility index (Phi) is 9.68. The van der Waals surface area contributed by atoms with E-state index in [2.05, 4.69) is 49.5 Å². The Bertz CT molecular complexity index is 513. The number of unbranched alkanes of at least 4 members (excludes halogenated alkanes) is 1. The van der Waals surface area contributed by atoms with Crippen molar-refractivity contribution in [2.45, 2.75) is 76.9 Å². The zero-order valence-corrected chi connectivity index (χ0v) is 18.7. The molecule has 0 saturated heterocycles. The Hall–Kier alpha value is -0.680. The Morgan fingerprint density at radius 1 is 1.29 bits per heavy atom. The zero-order chi connectivity index (χ0) is 20.6. The van der Waals surface area contributed by atoms with Crippen LogP contribution in [-0.4, -0.2) is 60.5 Å². The molecule has 162 valence electrons. The van der Waals surface area contributed by atoms with Crippen molar-refractivity contribution >= 4 is 0 Å². The molecule has 0 aliphatic heterocycles. The molecule has 0 spiro atoms. The van der Waals surface area contributed by atoms with E-state index in [4.69, 9.17) is 0 Å². The van der Waals surface area contributed by atoms with Gasteiger partial charge in [-0.2, -0.15) is 0 Å². The summed E-state index contributed by atoms with van der Waals surface area (Å²) in [5, 5.41) is 24.5. The van der Waals surface area contributed by atoms with Crippen molar-refractivity contribution < 1.29 is 10.2 Å². The van der Waals surface area contributed by atoms with Crippen molar-refractivity contribution in [1.29, 1.82) is 0 Å². The van der Waals surface area contributed by atoms with Gasteiger partial charge in [-0.05, 0) is 91.0 Å². The number of hydrogen-bond acceptors (Lipinski definition) is 4. The van der Waals surface area contributed by atoms with Crippen molar-refractivity contribution in [2.24, 2.45) is 17.8 Å². The first kappa shape index (κ1) is 23.6. The maximum atomic E-state index is 10.5. The first-order chi connectivity index (χ1) is 13.3. The van der Waals surface area contributed by atoms with E-state index >= 15 is 0 Å². The monoisotopic (exact) mass is 392 g/mol. The average Bonchev–Trinajstić information content (AvgIpc) is 3.13. The van der Waals surface area contributed by atoms with Gasteiger partial charge in [0.15, 0.2) is 0 Å². The Labute approximate surface area is 173 Å². The third kappa shape index (κ3) is 7.62. The standard InChI is InChI=1S/C24H44N2O2/c1-5-6-11-24(2,28)12-7-9-21-22-17-19(16-20(22)18-23(21)27)10-14-25-13-8-15-26(3)4/h7,9,16,20-23,25,27-28H,5-6,8,10-15,17-18H2,1-4H3/b9-7+/t20-,21+,22-,23+,24-/m0/s1. The van der Waals surface area contributed by atoms with Gasteiger partial charge in [-0.1, -0.05) is 43.6 Å². The van der Waals surface area contributed by atoms with Crippen LogP contribution in [0.5, 0.6) is 0 Å². The maximum Gasteiger partial charge on any atom is 0.0654 e. The second kappa shape index (κ2) is 11.5. The summed E-state index contributed by atoms with van der Waals surface area (Å²) < 4.78 is 0. The lowest BCUT2D eigenvalue weighted by molar-refractivity contribution is 0.0513. The van der Waals surface area contributed by atoms with Crippen LogP contribution in [0, 0.1) is 17.8 Å². The molecule has 1 saturated carbocycles. The van der Waals surface area contributed by atoms with Crippen molar-refractivity contribution in [3.05, 3.63) is 23.8 Å². The van der Waals surface area contributed by atoms with E-state index in [1.165, 1.54) is 6.42 Å².